The Balaban J connectivity index is 1.14. The van der Waals surface area contributed by atoms with Crippen molar-refractivity contribution in [1.29, 1.82) is 0 Å². The van der Waals surface area contributed by atoms with E-state index >= 15 is 0 Å². The van der Waals surface area contributed by atoms with Gasteiger partial charge in [-0.15, -0.1) is 0 Å². The number of carbonyl (C=O) groups excluding carboxylic acids is 3. The summed E-state index contributed by atoms with van der Waals surface area (Å²) in [5.41, 5.74) is -0.104. The number of nitrogens with zero attached hydrogens (tertiary/aromatic N) is 3. The van der Waals surface area contributed by atoms with Crippen molar-refractivity contribution in [2.24, 2.45) is 17.3 Å². The second-order valence-electron chi connectivity index (χ2n) is 15.7. The Morgan fingerprint density at radius 3 is 2.38 bits per heavy atom. The lowest BCUT2D eigenvalue weighted by molar-refractivity contribution is -0.134. The zero-order valence-electron chi connectivity index (χ0n) is 28.0. The zero-order valence-corrected chi connectivity index (χ0v) is 28.0. The first-order chi connectivity index (χ1) is 21.4. The third kappa shape index (κ3) is 7.13. The standard InChI is InChI=1S/C36H53N3O6/c1-25(2)39(33(42)44-23-27-9-7-6-8-10-27)30-21-35(30)15-16-36(38(24-35)32(41)45-34(3,4)5)20-28(36)22-37(29-11-12-29)31(40)19-26-13-17-43-18-14-26/h6-10,25-26,28-30H,11-24H2,1-5H3/t28-,30-,35+,36+/m0/s1. The first-order valence-corrected chi connectivity index (χ1v) is 17.3. The fourth-order valence-electron chi connectivity index (χ4n) is 8.00. The van der Waals surface area contributed by atoms with Gasteiger partial charge in [0.25, 0.3) is 0 Å². The SMILES string of the molecule is CC(C)N(C(=O)OCc1ccccc1)[C@H]1C[C@@]12CC[C@]1(C[C@H]1CN(C(=O)CC1CCOCC1)C1CC1)N(C(=O)OC(C)(C)C)C2. The van der Waals surface area contributed by atoms with Crippen molar-refractivity contribution >= 4 is 18.1 Å². The summed E-state index contributed by atoms with van der Waals surface area (Å²) in [6, 6.07) is 10.1. The Labute approximate surface area is 268 Å². The van der Waals surface area contributed by atoms with Gasteiger partial charge in [0.2, 0.25) is 5.91 Å². The van der Waals surface area contributed by atoms with Crippen LogP contribution in [0.3, 0.4) is 0 Å². The number of amides is 3. The predicted molar refractivity (Wildman–Crippen MR) is 170 cm³/mol. The van der Waals surface area contributed by atoms with Crippen molar-refractivity contribution in [3.63, 3.8) is 0 Å². The van der Waals surface area contributed by atoms with E-state index in [1.807, 2.05) is 74.8 Å². The number of hydrogen-bond acceptors (Lipinski definition) is 6. The summed E-state index contributed by atoms with van der Waals surface area (Å²) in [4.78, 5) is 46.9. The van der Waals surface area contributed by atoms with Gasteiger partial charge < -0.3 is 28.9 Å². The molecule has 2 saturated heterocycles. The molecule has 4 atom stereocenters. The average Bonchev–Trinajstić information content (AvgIpc) is 3.91. The van der Waals surface area contributed by atoms with E-state index in [-0.39, 0.29) is 53.7 Å². The van der Waals surface area contributed by atoms with Crippen LogP contribution < -0.4 is 0 Å². The van der Waals surface area contributed by atoms with Gasteiger partial charge in [0.05, 0.1) is 5.54 Å². The molecular weight excluding hydrogens is 570 g/mol. The van der Waals surface area contributed by atoms with Crippen LogP contribution >= 0.6 is 0 Å². The smallest absolute Gasteiger partial charge is 0.410 e. The molecule has 2 spiro atoms. The lowest BCUT2D eigenvalue weighted by Crippen LogP contribution is -2.55. The summed E-state index contributed by atoms with van der Waals surface area (Å²) in [6.07, 6.45) is 7.66. The van der Waals surface area contributed by atoms with Crippen molar-refractivity contribution < 1.29 is 28.6 Å². The first kappa shape index (κ1) is 32.1. The minimum absolute atomic E-state index is 0.0178. The molecular formula is C36H53N3O6. The van der Waals surface area contributed by atoms with Crippen LogP contribution in [0.25, 0.3) is 0 Å². The van der Waals surface area contributed by atoms with Gasteiger partial charge in [-0.05, 0) is 97.5 Å². The first-order valence-electron chi connectivity index (χ1n) is 17.3. The van der Waals surface area contributed by atoms with Gasteiger partial charge in [-0.25, -0.2) is 9.59 Å². The number of benzene rings is 1. The van der Waals surface area contributed by atoms with E-state index in [4.69, 9.17) is 14.2 Å². The van der Waals surface area contributed by atoms with Gasteiger partial charge in [0.1, 0.15) is 12.2 Å². The largest absolute Gasteiger partial charge is 0.445 e. The molecule has 248 valence electrons. The summed E-state index contributed by atoms with van der Waals surface area (Å²) in [5, 5.41) is 0. The molecule has 1 aromatic carbocycles. The van der Waals surface area contributed by atoms with Crippen LogP contribution in [-0.2, 0) is 25.6 Å². The van der Waals surface area contributed by atoms with E-state index in [2.05, 4.69) is 4.90 Å². The third-order valence-electron chi connectivity index (χ3n) is 10.9. The van der Waals surface area contributed by atoms with Gasteiger partial charge in [0.15, 0.2) is 0 Å². The van der Waals surface area contributed by atoms with E-state index in [0.717, 1.165) is 70.1 Å². The molecule has 9 nitrogen and oxygen atoms in total. The van der Waals surface area contributed by atoms with E-state index in [1.54, 1.807) is 0 Å². The number of likely N-dealkylation sites (tertiary alicyclic amines) is 1. The van der Waals surface area contributed by atoms with Gasteiger partial charge in [-0.3, -0.25) is 4.79 Å². The van der Waals surface area contributed by atoms with Gasteiger partial charge in [0, 0.05) is 62.2 Å². The number of piperidine rings is 1. The Hall–Kier alpha value is -2.81. The Morgan fingerprint density at radius 2 is 1.73 bits per heavy atom. The highest BCUT2D eigenvalue weighted by Gasteiger charge is 2.70. The summed E-state index contributed by atoms with van der Waals surface area (Å²) < 4.78 is 17.3. The Bertz CT molecular complexity index is 1240. The number of hydrogen-bond donors (Lipinski definition) is 0. The van der Waals surface area contributed by atoms with Crippen LogP contribution in [0.1, 0.15) is 98.0 Å². The van der Waals surface area contributed by atoms with E-state index < -0.39 is 5.60 Å². The second-order valence-corrected chi connectivity index (χ2v) is 15.7. The van der Waals surface area contributed by atoms with Crippen LogP contribution in [0, 0.1) is 17.3 Å². The zero-order chi connectivity index (χ0) is 32.0. The molecule has 1 aromatic rings. The highest BCUT2D eigenvalue weighted by Crippen LogP contribution is 2.65. The molecule has 9 heteroatoms. The monoisotopic (exact) mass is 623 g/mol. The van der Waals surface area contributed by atoms with Crippen molar-refractivity contribution in [2.45, 2.75) is 128 Å². The molecule has 3 aliphatic carbocycles. The topological polar surface area (TPSA) is 88.6 Å². The molecule has 6 rings (SSSR count). The average molecular weight is 624 g/mol. The van der Waals surface area contributed by atoms with E-state index in [0.29, 0.717) is 31.5 Å². The van der Waals surface area contributed by atoms with Crippen LogP contribution in [0.5, 0.6) is 0 Å². The molecule has 0 radical (unpaired) electrons. The minimum atomic E-state index is -0.610. The van der Waals surface area contributed by atoms with Gasteiger partial charge >= 0.3 is 12.2 Å². The maximum absolute atomic E-state index is 13.9. The fraction of sp³-hybridized carbons (Fsp3) is 0.750. The summed E-state index contributed by atoms with van der Waals surface area (Å²) in [7, 11) is 0. The summed E-state index contributed by atoms with van der Waals surface area (Å²) in [5.74, 6) is 0.922. The normalized spacial score (nSPS) is 29.5. The minimum Gasteiger partial charge on any atom is -0.445 e. The van der Waals surface area contributed by atoms with Crippen LogP contribution in [-0.4, -0.2) is 88.4 Å². The summed E-state index contributed by atoms with van der Waals surface area (Å²) >= 11 is 0. The van der Waals surface area contributed by atoms with Crippen molar-refractivity contribution in [1.82, 2.24) is 14.7 Å². The molecule has 0 N–H and O–H groups in total. The van der Waals surface area contributed by atoms with Crippen molar-refractivity contribution in [3.8, 4) is 0 Å². The van der Waals surface area contributed by atoms with E-state index in [1.165, 1.54) is 0 Å². The second kappa shape index (κ2) is 12.4. The van der Waals surface area contributed by atoms with Gasteiger partial charge in [-0.1, -0.05) is 30.3 Å². The van der Waals surface area contributed by atoms with Crippen LogP contribution in [0.4, 0.5) is 9.59 Å². The van der Waals surface area contributed by atoms with Gasteiger partial charge in [-0.2, -0.15) is 0 Å². The quantitative estimate of drug-likeness (QED) is 0.317. The maximum Gasteiger partial charge on any atom is 0.410 e. The third-order valence-corrected chi connectivity index (χ3v) is 10.9. The summed E-state index contributed by atoms with van der Waals surface area (Å²) in [6.45, 7) is 12.8. The molecule has 0 aromatic heterocycles. The van der Waals surface area contributed by atoms with Crippen molar-refractivity contribution in [3.05, 3.63) is 35.9 Å². The fourth-order valence-corrected chi connectivity index (χ4v) is 8.00. The molecule has 3 saturated carbocycles. The number of carbonyl (C=O) groups is 3. The molecule has 2 heterocycles. The predicted octanol–water partition coefficient (Wildman–Crippen LogP) is 6.39. The molecule has 5 fully saturated rings. The lowest BCUT2D eigenvalue weighted by atomic mass is 9.86. The molecule has 2 aliphatic heterocycles. The molecule has 0 unspecified atom stereocenters. The molecule has 3 amide bonds. The maximum atomic E-state index is 13.9. The molecule has 5 aliphatic rings. The Morgan fingerprint density at radius 1 is 1.02 bits per heavy atom. The number of ether oxygens (including phenoxy) is 3. The lowest BCUT2D eigenvalue weighted by Gasteiger charge is -2.43. The molecule has 0 bridgehead atoms. The van der Waals surface area contributed by atoms with Crippen LogP contribution in [0.15, 0.2) is 30.3 Å². The Kier molecular flexibility index (Phi) is 8.87. The highest BCUT2D eigenvalue weighted by atomic mass is 16.6. The van der Waals surface area contributed by atoms with Crippen LogP contribution in [0.2, 0.25) is 0 Å². The number of rotatable bonds is 9. The highest BCUT2D eigenvalue weighted by molar-refractivity contribution is 5.77. The van der Waals surface area contributed by atoms with E-state index in [9.17, 15) is 14.4 Å². The van der Waals surface area contributed by atoms with Crippen molar-refractivity contribution in [2.75, 3.05) is 26.3 Å². The molecule has 45 heavy (non-hydrogen) atoms.